The van der Waals surface area contributed by atoms with Crippen LogP contribution in [0.25, 0.3) is 0 Å². The number of carbonyl (C=O) groups is 1. The van der Waals surface area contributed by atoms with Crippen molar-refractivity contribution in [2.45, 2.75) is 19.4 Å². The number of hydrogen-bond acceptors (Lipinski definition) is 3. The zero-order chi connectivity index (χ0) is 13.1. The quantitative estimate of drug-likeness (QED) is 0.879. The van der Waals surface area contributed by atoms with Gasteiger partial charge in [-0.2, -0.15) is 0 Å². The third-order valence-electron chi connectivity index (χ3n) is 3.24. The Kier molecular flexibility index (Phi) is 4.09. The Morgan fingerprint density at radius 3 is 3.00 bits per heavy atom. The minimum absolute atomic E-state index is 0.0373. The molecule has 2 unspecified atom stereocenters. The van der Waals surface area contributed by atoms with Crippen LogP contribution in [0, 0.1) is 5.92 Å². The van der Waals surface area contributed by atoms with Gasteiger partial charge in [0.1, 0.15) is 11.9 Å². The number of nitrogens with one attached hydrogen (secondary N) is 1. The van der Waals surface area contributed by atoms with Gasteiger partial charge >= 0.3 is 0 Å². The van der Waals surface area contributed by atoms with Crippen molar-refractivity contribution in [3.05, 3.63) is 28.8 Å². The van der Waals surface area contributed by atoms with Crippen LogP contribution in [0.1, 0.15) is 23.7 Å². The molecule has 0 spiro atoms. The summed E-state index contributed by atoms with van der Waals surface area (Å²) < 4.78 is 5.89. The summed E-state index contributed by atoms with van der Waals surface area (Å²) in [6.07, 6.45) is 1.09. The number of amides is 1. The van der Waals surface area contributed by atoms with Gasteiger partial charge in [-0.3, -0.25) is 4.79 Å². The molecule has 0 aliphatic carbocycles. The molecule has 1 aliphatic heterocycles. The van der Waals surface area contributed by atoms with Gasteiger partial charge in [0.05, 0.1) is 5.56 Å². The lowest BCUT2D eigenvalue weighted by Gasteiger charge is -2.30. The van der Waals surface area contributed by atoms with Crippen LogP contribution in [-0.4, -0.2) is 25.1 Å². The van der Waals surface area contributed by atoms with Gasteiger partial charge in [-0.05, 0) is 37.1 Å². The van der Waals surface area contributed by atoms with Gasteiger partial charge in [0.2, 0.25) is 0 Å². The first kappa shape index (κ1) is 13.2. The van der Waals surface area contributed by atoms with Crippen LogP contribution in [0.2, 0.25) is 5.02 Å². The molecule has 1 amide bonds. The number of nitrogens with two attached hydrogens (primary N) is 1. The maximum absolute atomic E-state index is 11.3. The van der Waals surface area contributed by atoms with E-state index in [4.69, 9.17) is 22.1 Å². The first-order chi connectivity index (χ1) is 8.58. The smallest absolute Gasteiger partial charge is 0.252 e. The molecule has 0 bridgehead atoms. The van der Waals surface area contributed by atoms with Gasteiger partial charge in [0.25, 0.3) is 5.91 Å². The molecule has 0 radical (unpaired) electrons. The van der Waals surface area contributed by atoms with Crippen LogP contribution in [0.5, 0.6) is 5.75 Å². The van der Waals surface area contributed by atoms with Gasteiger partial charge in [-0.15, -0.1) is 0 Å². The fourth-order valence-electron chi connectivity index (χ4n) is 2.08. The SMILES string of the molecule is CC1CCNCC1Oc1cc(Cl)ccc1C(N)=O. The first-order valence-corrected chi connectivity index (χ1v) is 6.42. The van der Waals surface area contributed by atoms with E-state index in [9.17, 15) is 4.79 Å². The average Bonchev–Trinajstić information content (AvgIpc) is 2.32. The summed E-state index contributed by atoms with van der Waals surface area (Å²) >= 11 is 5.93. The standard InChI is InChI=1S/C13H17ClN2O2/c1-8-4-5-16-7-12(8)18-11-6-9(14)2-3-10(11)13(15)17/h2-3,6,8,12,16H,4-5,7H2,1H3,(H2,15,17). The maximum Gasteiger partial charge on any atom is 0.252 e. The van der Waals surface area contributed by atoms with E-state index in [0.29, 0.717) is 22.3 Å². The number of piperidine rings is 1. The lowest BCUT2D eigenvalue weighted by Crippen LogP contribution is -2.43. The van der Waals surface area contributed by atoms with Crippen LogP contribution >= 0.6 is 11.6 Å². The molecule has 1 aliphatic rings. The van der Waals surface area contributed by atoms with E-state index < -0.39 is 5.91 Å². The monoisotopic (exact) mass is 268 g/mol. The number of hydrogen-bond donors (Lipinski definition) is 2. The van der Waals surface area contributed by atoms with Crippen LogP contribution in [0.15, 0.2) is 18.2 Å². The maximum atomic E-state index is 11.3. The van der Waals surface area contributed by atoms with E-state index in [-0.39, 0.29) is 6.10 Å². The second kappa shape index (κ2) is 5.59. The number of benzene rings is 1. The third-order valence-corrected chi connectivity index (χ3v) is 3.48. The van der Waals surface area contributed by atoms with Gasteiger partial charge in [0, 0.05) is 11.6 Å². The lowest BCUT2D eigenvalue weighted by molar-refractivity contribution is 0.0966. The number of primary amides is 1. The summed E-state index contributed by atoms with van der Waals surface area (Å²) in [6, 6.07) is 4.88. The molecule has 5 heteroatoms. The Balaban J connectivity index is 2.21. The van der Waals surface area contributed by atoms with Gasteiger partial charge in [0.15, 0.2) is 0 Å². The number of ether oxygens (including phenoxy) is 1. The van der Waals surface area contributed by atoms with Crippen LogP contribution in [0.4, 0.5) is 0 Å². The molecule has 1 aromatic carbocycles. The fourth-order valence-corrected chi connectivity index (χ4v) is 2.24. The van der Waals surface area contributed by atoms with E-state index in [2.05, 4.69) is 12.2 Å². The van der Waals surface area contributed by atoms with Gasteiger partial charge < -0.3 is 15.8 Å². The van der Waals surface area contributed by atoms with Crippen LogP contribution in [0.3, 0.4) is 0 Å². The van der Waals surface area contributed by atoms with Gasteiger partial charge in [-0.25, -0.2) is 0 Å². The predicted molar refractivity (Wildman–Crippen MR) is 71.0 cm³/mol. The molecule has 1 aromatic rings. The Hall–Kier alpha value is -1.26. The highest BCUT2D eigenvalue weighted by atomic mass is 35.5. The molecular weight excluding hydrogens is 252 g/mol. The molecule has 2 atom stereocenters. The van der Waals surface area contributed by atoms with Crippen LogP contribution < -0.4 is 15.8 Å². The Labute approximate surface area is 111 Å². The highest BCUT2D eigenvalue weighted by molar-refractivity contribution is 6.30. The summed E-state index contributed by atoms with van der Waals surface area (Å²) in [6.45, 7) is 3.91. The average molecular weight is 269 g/mol. The Morgan fingerprint density at radius 1 is 1.56 bits per heavy atom. The largest absolute Gasteiger partial charge is 0.488 e. The predicted octanol–water partition coefficient (Wildman–Crippen LogP) is 1.82. The summed E-state index contributed by atoms with van der Waals surface area (Å²) in [4.78, 5) is 11.3. The van der Waals surface area contributed by atoms with E-state index >= 15 is 0 Å². The molecule has 2 rings (SSSR count). The van der Waals surface area contributed by atoms with Crippen molar-refractivity contribution in [3.8, 4) is 5.75 Å². The van der Waals surface area contributed by atoms with Crippen molar-refractivity contribution in [2.24, 2.45) is 11.7 Å². The molecule has 1 heterocycles. The molecule has 3 N–H and O–H groups in total. The van der Waals surface area contributed by atoms with E-state index in [1.54, 1.807) is 18.2 Å². The molecule has 1 fully saturated rings. The van der Waals surface area contributed by atoms with Crippen molar-refractivity contribution in [1.82, 2.24) is 5.32 Å². The highest BCUT2D eigenvalue weighted by Crippen LogP contribution is 2.26. The molecule has 98 valence electrons. The summed E-state index contributed by atoms with van der Waals surface area (Å²) in [7, 11) is 0. The molecule has 0 aromatic heterocycles. The zero-order valence-corrected chi connectivity index (χ0v) is 11.0. The van der Waals surface area contributed by atoms with E-state index in [0.717, 1.165) is 19.5 Å². The Morgan fingerprint density at radius 2 is 2.33 bits per heavy atom. The highest BCUT2D eigenvalue weighted by Gasteiger charge is 2.24. The second-order valence-electron chi connectivity index (χ2n) is 4.63. The molecular formula is C13H17ClN2O2. The van der Waals surface area contributed by atoms with Crippen molar-refractivity contribution < 1.29 is 9.53 Å². The second-order valence-corrected chi connectivity index (χ2v) is 5.07. The number of carbonyl (C=O) groups excluding carboxylic acids is 1. The Bertz CT molecular complexity index is 451. The number of rotatable bonds is 3. The lowest BCUT2D eigenvalue weighted by atomic mass is 9.97. The van der Waals surface area contributed by atoms with E-state index in [1.165, 1.54) is 0 Å². The number of halogens is 1. The first-order valence-electron chi connectivity index (χ1n) is 6.04. The van der Waals surface area contributed by atoms with Crippen LogP contribution in [-0.2, 0) is 0 Å². The molecule has 4 nitrogen and oxygen atoms in total. The molecule has 0 saturated carbocycles. The fraction of sp³-hybridized carbons (Fsp3) is 0.462. The summed E-state index contributed by atoms with van der Waals surface area (Å²) in [5.74, 6) is 0.402. The minimum atomic E-state index is -0.502. The van der Waals surface area contributed by atoms with Crippen molar-refractivity contribution in [2.75, 3.05) is 13.1 Å². The topological polar surface area (TPSA) is 64.3 Å². The summed E-state index contributed by atoms with van der Waals surface area (Å²) in [5.41, 5.74) is 5.70. The van der Waals surface area contributed by atoms with Crippen molar-refractivity contribution in [3.63, 3.8) is 0 Å². The van der Waals surface area contributed by atoms with Gasteiger partial charge in [-0.1, -0.05) is 18.5 Å². The third kappa shape index (κ3) is 2.94. The minimum Gasteiger partial charge on any atom is -0.488 e. The summed E-state index contributed by atoms with van der Waals surface area (Å²) in [5, 5.41) is 3.81. The van der Waals surface area contributed by atoms with Crippen molar-refractivity contribution >= 4 is 17.5 Å². The molecule has 1 saturated heterocycles. The van der Waals surface area contributed by atoms with Crippen molar-refractivity contribution in [1.29, 1.82) is 0 Å². The zero-order valence-electron chi connectivity index (χ0n) is 10.3. The normalized spacial score (nSPS) is 23.7. The van der Waals surface area contributed by atoms with E-state index in [1.807, 2.05) is 0 Å². The molecule has 18 heavy (non-hydrogen) atoms.